The maximum atomic E-state index is 12.2. The van der Waals surface area contributed by atoms with Gasteiger partial charge in [-0.15, -0.1) is 0 Å². The van der Waals surface area contributed by atoms with Crippen molar-refractivity contribution in [2.75, 3.05) is 6.54 Å². The molecule has 2 aromatic heterocycles. The lowest BCUT2D eigenvalue weighted by atomic mass is 10.2. The molecule has 0 amide bonds. The van der Waals surface area contributed by atoms with E-state index in [4.69, 9.17) is 5.73 Å². The van der Waals surface area contributed by atoms with E-state index in [1.54, 1.807) is 15.5 Å². The van der Waals surface area contributed by atoms with Gasteiger partial charge in [0.1, 0.15) is 0 Å². The lowest BCUT2D eigenvalue weighted by Crippen LogP contribution is -2.40. The van der Waals surface area contributed by atoms with Crippen molar-refractivity contribution < 1.29 is 0 Å². The standard InChI is InChI=1S/C12H19N5O2/c1-4-8(2)17-10-9(11(18)15(3)12(17)19)16(6-5-13)7-14-10/h7-8H,4-6,13H2,1-3H3. The predicted octanol–water partition coefficient (Wildman–Crippen LogP) is -0.174. The van der Waals surface area contributed by atoms with E-state index in [0.29, 0.717) is 24.3 Å². The maximum absolute atomic E-state index is 12.2. The van der Waals surface area contributed by atoms with E-state index in [2.05, 4.69) is 4.98 Å². The molecule has 104 valence electrons. The second-order valence-corrected chi connectivity index (χ2v) is 4.67. The summed E-state index contributed by atoms with van der Waals surface area (Å²) in [7, 11) is 1.49. The molecule has 0 saturated heterocycles. The Kier molecular flexibility index (Phi) is 3.57. The van der Waals surface area contributed by atoms with E-state index >= 15 is 0 Å². The predicted molar refractivity (Wildman–Crippen MR) is 73.3 cm³/mol. The summed E-state index contributed by atoms with van der Waals surface area (Å²) in [6, 6.07) is -0.0111. The van der Waals surface area contributed by atoms with Crippen molar-refractivity contribution in [1.29, 1.82) is 0 Å². The van der Waals surface area contributed by atoms with Crippen molar-refractivity contribution in [3.63, 3.8) is 0 Å². The van der Waals surface area contributed by atoms with Crippen LogP contribution in [-0.4, -0.2) is 25.2 Å². The van der Waals surface area contributed by atoms with Gasteiger partial charge >= 0.3 is 5.69 Å². The highest BCUT2D eigenvalue weighted by molar-refractivity contribution is 5.70. The normalized spacial score (nSPS) is 13.1. The molecule has 2 rings (SSSR count). The SMILES string of the molecule is CCC(C)n1c(=O)n(C)c(=O)c2c1ncn2CCN. The van der Waals surface area contributed by atoms with Gasteiger partial charge in [-0.3, -0.25) is 13.9 Å². The summed E-state index contributed by atoms with van der Waals surface area (Å²) in [6.07, 6.45) is 2.36. The van der Waals surface area contributed by atoms with Gasteiger partial charge in [-0.25, -0.2) is 9.78 Å². The van der Waals surface area contributed by atoms with Gasteiger partial charge in [-0.1, -0.05) is 6.92 Å². The van der Waals surface area contributed by atoms with Gasteiger partial charge in [-0.05, 0) is 13.3 Å². The quantitative estimate of drug-likeness (QED) is 0.831. The van der Waals surface area contributed by atoms with Crippen LogP contribution in [0.3, 0.4) is 0 Å². The smallest absolute Gasteiger partial charge is 0.329 e. The minimum Gasteiger partial charge on any atom is -0.329 e. The molecule has 0 aliphatic rings. The third-order valence-electron chi connectivity index (χ3n) is 3.45. The van der Waals surface area contributed by atoms with Crippen molar-refractivity contribution in [3.05, 3.63) is 27.2 Å². The van der Waals surface area contributed by atoms with E-state index in [-0.39, 0.29) is 17.3 Å². The van der Waals surface area contributed by atoms with E-state index in [9.17, 15) is 9.59 Å². The van der Waals surface area contributed by atoms with Crippen LogP contribution in [0.4, 0.5) is 0 Å². The van der Waals surface area contributed by atoms with Gasteiger partial charge in [0.2, 0.25) is 0 Å². The average Bonchev–Trinajstić information content (AvgIpc) is 2.80. The first-order valence-electron chi connectivity index (χ1n) is 6.39. The highest BCUT2D eigenvalue weighted by Gasteiger charge is 2.18. The first kappa shape index (κ1) is 13.5. The Hall–Kier alpha value is -1.89. The highest BCUT2D eigenvalue weighted by Crippen LogP contribution is 2.13. The fourth-order valence-corrected chi connectivity index (χ4v) is 2.15. The van der Waals surface area contributed by atoms with Crippen LogP contribution in [0.1, 0.15) is 26.3 Å². The number of nitrogens with zero attached hydrogens (tertiary/aromatic N) is 4. The Morgan fingerprint density at radius 3 is 2.68 bits per heavy atom. The number of nitrogens with two attached hydrogens (primary N) is 1. The number of rotatable bonds is 4. The summed E-state index contributed by atoms with van der Waals surface area (Å²) in [5.74, 6) is 0. The molecule has 2 aromatic rings. The zero-order valence-electron chi connectivity index (χ0n) is 11.5. The Morgan fingerprint density at radius 2 is 2.11 bits per heavy atom. The number of imidazole rings is 1. The Bertz CT molecular complexity index is 709. The Morgan fingerprint density at radius 1 is 1.42 bits per heavy atom. The summed E-state index contributed by atoms with van der Waals surface area (Å²) < 4.78 is 4.41. The molecule has 2 heterocycles. The summed E-state index contributed by atoms with van der Waals surface area (Å²) in [4.78, 5) is 28.7. The molecule has 0 aromatic carbocycles. The fourth-order valence-electron chi connectivity index (χ4n) is 2.15. The first-order chi connectivity index (χ1) is 9.02. The summed E-state index contributed by atoms with van der Waals surface area (Å²) in [5, 5.41) is 0. The summed E-state index contributed by atoms with van der Waals surface area (Å²) in [5.41, 5.74) is 5.75. The average molecular weight is 265 g/mol. The van der Waals surface area contributed by atoms with Crippen LogP contribution in [0, 0.1) is 0 Å². The van der Waals surface area contributed by atoms with Crippen LogP contribution in [0.2, 0.25) is 0 Å². The van der Waals surface area contributed by atoms with Crippen molar-refractivity contribution in [3.8, 4) is 0 Å². The van der Waals surface area contributed by atoms with Crippen LogP contribution >= 0.6 is 0 Å². The summed E-state index contributed by atoms with van der Waals surface area (Å²) in [6.45, 7) is 4.85. The fraction of sp³-hybridized carbons (Fsp3) is 0.583. The lowest BCUT2D eigenvalue weighted by Gasteiger charge is -2.15. The van der Waals surface area contributed by atoms with E-state index < -0.39 is 0 Å². The molecule has 0 bridgehead atoms. The molecule has 7 nitrogen and oxygen atoms in total. The molecular weight excluding hydrogens is 246 g/mol. The first-order valence-corrected chi connectivity index (χ1v) is 6.39. The van der Waals surface area contributed by atoms with Crippen LogP contribution < -0.4 is 17.0 Å². The minimum atomic E-state index is -0.329. The number of fused-ring (bicyclic) bond motifs is 1. The van der Waals surface area contributed by atoms with Gasteiger partial charge in [0.15, 0.2) is 11.2 Å². The monoisotopic (exact) mass is 265 g/mol. The molecule has 1 unspecified atom stereocenters. The van der Waals surface area contributed by atoms with Crippen LogP contribution in [0.25, 0.3) is 11.2 Å². The van der Waals surface area contributed by atoms with Gasteiger partial charge < -0.3 is 10.3 Å². The largest absolute Gasteiger partial charge is 0.332 e. The van der Waals surface area contributed by atoms with Crippen molar-refractivity contribution >= 4 is 11.2 Å². The zero-order chi connectivity index (χ0) is 14.2. The molecule has 0 saturated carbocycles. The van der Waals surface area contributed by atoms with Crippen LogP contribution in [-0.2, 0) is 13.6 Å². The third kappa shape index (κ3) is 1.99. The number of aromatic nitrogens is 4. The van der Waals surface area contributed by atoms with E-state index in [0.717, 1.165) is 11.0 Å². The van der Waals surface area contributed by atoms with E-state index in [1.807, 2.05) is 13.8 Å². The highest BCUT2D eigenvalue weighted by atomic mass is 16.2. The molecule has 2 N–H and O–H groups in total. The zero-order valence-corrected chi connectivity index (χ0v) is 11.5. The van der Waals surface area contributed by atoms with Gasteiger partial charge in [0, 0.05) is 26.2 Å². The molecular formula is C12H19N5O2. The lowest BCUT2D eigenvalue weighted by molar-refractivity contribution is 0.499. The van der Waals surface area contributed by atoms with E-state index in [1.165, 1.54) is 7.05 Å². The molecule has 0 fully saturated rings. The molecule has 0 radical (unpaired) electrons. The molecule has 1 atom stereocenters. The van der Waals surface area contributed by atoms with Gasteiger partial charge in [0.25, 0.3) is 5.56 Å². The van der Waals surface area contributed by atoms with Crippen molar-refractivity contribution in [2.24, 2.45) is 12.8 Å². The second-order valence-electron chi connectivity index (χ2n) is 4.67. The van der Waals surface area contributed by atoms with Gasteiger partial charge in [0.05, 0.1) is 6.33 Å². The Balaban J connectivity index is 2.90. The minimum absolute atomic E-state index is 0.0111. The number of hydrogen-bond donors (Lipinski definition) is 1. The summed E-state index contributed by atoms with van der Waals surface area (Å²) >= 11 is 0. The molecule has 0 aliphatic heterocycles. The molecule has 7 heteroatoms. The van der Waals surface area contributed by atoms with Crippen LogP contribution in [0.15, 0.2) is 15.9 Å². The molecule has 0 spiro atoms. The molecule has 0 aliphatic carbocycles. The second kappa shape index (κ2) is 5.00. The van der Waals surface area contributed by atoms with Crippen LogP contribution in [0.5, 0.6) is 0 Å². The van der Waals surface area contributed by atoms with Gasteiger partial charge in [-0.2, -0.15) is 0 Å². The van der Waals surface area contributed by atoms with Crippen molar-refractivity contribution in [2.45, 2.75) is 32.9 Å². The number of hydrogen-bond acceptors (Lipinski definition) is 4. The maximum Gasteiger partial charge on any atom is 0.332 e. The van der Waals surface area contributed by atoms with Crippen molar-refractivity contribution in [1.82, 2.24) is 18.7 Å². The Labute approximate surface area is 110 Å². The molecule has 19 heavy (non-hydrogen) atoms. The topological polar surface area (TPSA) is 87.8 Å². The third-order valence-corrected chi connectivity index (χ3v) is 3.45.